The summed E-state index contributed by atoms with van der Waals surface area (Å²) in [5.74, 6) is -1.18. The first-order valence-electron chi connectivity index (χ1n) is 11.7. The van der Waals surface area contributed by atoms with Gasteiger partial charge in [0.15, 0.2) is 6.61 Å². The van der Waals surface area contributed by atoms with Crippen molar-refractivity contribution in [1.82, 2.24) is 0 Å². The first kappa shape index (κ1) is 27.0. The smallest absolute Gasteiger partial charge is 0.341 e. The molecule has 1 N–H and O–H groups in total. The van der Waals surface area contributed by atoms with Crippen molar-refractivity contribution >= 4 is 29.2 Å². The number of hydrogen-bond acceptors (Lipinski definition) is 4. The third-order valence-electron chi connectivity index (χ3n) is 6.60. The van der Waals surface area contributed by atoms with Crippen LogP contribution in [0.25, 0.3) is 0 Å². The first-order chi connectivity index (χ1) is 17.7. The second-order valence-corrected chi connectivity index (χ2v) is 9.87. The van der Waals surface area contributed by atoms with E-state index in [0.29, 0.717) is 22.8 Å². The second kappa shape index (κ2) is 11.5. The summed E-state index contributed by atoms with van der Waals surface area (Å²) in [6, 6.07) is 17.1. The monoisotopic (exact) mass is 544 g/mol. The standard InChI is InChI=1S/C29H27Cl2FO5/c1-16(2)21-14-22(20-6-4-5-7-24(20)30)27(17-8-10-18(32)11-9-17)37-28(21)23-12-19(35-3)13-25(31)29(23)36-15-26(33)34/h4-13,21-22,27-28H,1,14-15H2,2-3H3,(H,33,34)/t21-,22-,27+,28+/m1/s1. The van der Waals surface area contributed by atoms with Gasteiger partial charge in [-0.25, -0.2) is 9.18 Å². The maximum absolute atomic E-state index is 13.8. The number of methoxy groups -OCH3 is 1. The Bertz CT molecular complexity index is 1290. The van der Waals surface area contributed by atoms with Crippen LogP contribution in [0, 0.1) is 11.7 Å². The molecule has 1 saturated heterocycles. The number of carboxylic acid groups (broad SMARTS) is 1. The lowest BCUT2D eigenvalue weighted by molar-refractivity contribution is -0.139. The minimum absolute atomic E-state index is 0.165. The molecule has 1 aliphatic rings. The molecule has 194 valence electrons. The third kappa shape index (κ3) is 5.93. The zero-order valence-corrected chi connectivity index (χ0v) is 21.9. The summed E-state index contributed by atoms with van der Waals surface area (Å²) in [4.78, 5) is 11.3. The van der Waals surface area contributed by atoms with Crippen LogP contribution in [0.15, 0.2) is 72.8 Å². The van der Waals surface area contributed by atoms with Crippen LogP contribution in [0.1, 0.15) is 48.2 Å². The van der Waals surface area contributed by atoms with Crippen LogP contribution < -0.4 is 9.47 Å². The number of carbonyl (C=O) groups is 1. The van der Waals surface area contributed by atoms with E-state index >= 15 is 0 Å². The lowest BCUT2D eigenvalue weighted by Crippen LogP contribution is -2.32. The van der Waals surface area contributed by atoms with Crippen LogP contribution in [0.5, 0.6) is 11.5 Å². The molecule has 0 saturated carbocycles. The number of carboxylic acids is 1. The summed E-state index contributed by atoms with van der Waals surface area (Å²) in [6.07, 6.45) is -0.500. The van der Waals surface area contributed by atoms with E-state index in [0.717, 1.165) is 16.7 Å². The molecule has 4 atom stereocenters. The molecule has 8 heteroatoms. The maximum atomic E-state index is 13.8. The topological polar surface area (TPSA) is 65.0 Å². The zero-order chi connectivity index (χ0) is 26.7. The van der Waals surface area contributed by atoms with Crippen LogP contribution in [0.4, 0.5) is 4.39 Å². The third-order valence-corrected chi connectivity index (χ3v) is 7.22. The van der Waals surface area contributed by atoms with Gasteiger partial charge in [-0.2, -0.15) is 0 Å². The van der Waals surface area contributed by atoms with Crippen molar-refractivity contribution in [2.75, 3.05) is 13.7 Å². The molecule has 0 unspecified atom stereocenters. The van der Waals surface area contributed by atoms with Crippen molar-refractivity contribution in [3.05, 3.63) is 105 Å². The number of halogens is 3. The van der Waals surface area contributed by atoms with Gasteiger partial charge in [-0.15, -0.1) is 0 Å². The predicted molar refractivity (Wildman–Crippen MR) is 141 cm³/mol. The van der Waals surface area contributed by atoms with Crippen LogP contribution in [0.2, 0.25) is 10.0 Å². The van der Waals surface area contributed by atoms with Crippen molar-refractivity contribution < 1.29 is 28.5 Å². The molecular formula is C29H27Cl2FO5. The number of aliphatic carboxylic acids is 1. The van der Waals surface area contributed by atoms with E-state index in [1.54, 1.807) is 24.3 Å². The van der Waals surface area contributed by atoms with Gasteiger partial charge in [0.2, 0.25) is 0 Å². The molecule has 1 fully saturated rings. The van der Waals surface area contributed by atoms with Crippen LogP contribution >= 0.6 is 23.2 Å². The molecular weight excluding hydrogens is 518 g/mol. The predicted octanol–water partition coefficient (Wildman–Crippen LogP) is 7.78. The van der Waals surface area contributed by atoms with Crippen molar-refractivity contribution in [3.8, 4) is 11.5 Å². The van der Waals surface area contributed by atoms with Crippen LogP contribution in [-0.2, 0) is 9.53 Å². The highest BCUT2D eigenvalue weighted by atomic mass is 35.5. The lowest BCUT2D eigenvalue weighted by atomic mass is 9.74. The molecule has 1 heterocycles. The molecule has 0 aromatic heterocycles. The minimum atomic E-state index is -1.14. The Balaban J connectivity index is 1.86. The van der Waals surface area contributed by atoms with Gasteiger partial charge in [-0.05, 0) is 48.7 Å². The average Bonchev–Trinajstić information content (AvgIpc) is 2.87. The summed E-state index contributed by atoms with van der Waals surface area (Å²) in [5, 5.41) is 10.0. The highest BCUT2D eigenvalue weighted by Gasteiger charge is 2.42. The quantitative estimate of drug-likeness (QED) is 0.293. The molecule has 0 spiro atoms. The Hall–Kier alpha value is -3.06. The summed E-state index contributed by atoms with van der Waals surface area (Å²) in [5.41, 5.74) is 3.10. The van der Waals surface area contributed by atoms with E-state index in [9.17, 15) is 14.3 Å². The minimum Gasteiger partial charge on any atom is -0.497 e. The van der Waals surface area contributed by atoms with Crippen molar-refractivity contribution in [2.24, 2.45) is 5.92 Å². The van der Waals surface area contributed by atoms with Gasteiger partial charge in [0.25, 0.3) is 0 Å². The van der Waals surface area contributed by atoms with E-state index in [1.807, 2.05) is 31.2 Å². The fourth-order valence-corrected chi connectivity index (χ4v) is 5.40. The first-order valence-corrected chi connectivity index (χ1v) is 12.5. The molecule has 0 radical (unpaired) electrons. The summed E-state index contributed by atoms with van der Waals surface area (Å²) in [7, 11) is 1.51. The van der Waals surface area contributed by atoms with Crippen LogP contribution in [0.3, 0.4) is 0 Å². The molecule has 5 nitrogen and oxygen atoms in total. The lowest BCUT2D eigenvalue weighted by Gasteiger charge is -2.43. The summed E-state index contributed by atoms with van der Waals surface area (Å²) < 4.78 is 31.7. The van der Waals surface area contributed by atoms with Gasteiger partial charge in [0.05, 0.1) is 24.3 Å². The van der Waals surface area contributed by atoms with E-state index in [2.05, 4.69) is 6.58 Å². The summed E-state index contributed by atoms with van der Waals surface area (Å²) in [6.45, 7) is 5.56. The Morgan fingerprint density at radius 2 is 1.78 bits per heavy atom. The number of benzene rings is 3. The second-order valence-electron chi connectivity index (χ2n) is 9.06. The number of ether oxygens (including phenoxy) is 3. The van der Waals surface area contributed by atoms with Gasteiger partial charge >= 0.3 is 5.97 Å². The largest absolute Gasteiger partial charge is 0.497 e. The molecule has 37 heavy (non-hydrogen) atoms. The van der Waals surface area contributed by atoms with E-state index in [-0.39, 0.29) is 28.4 Å². The fourth-order valence-electron chi connectivity index (χ4n) is 4.85. The van der Waals surface area contributed by atoms with Crippen molar-refractivity contribution in [3.63, 3.8) is 0 Å². The Labute approximate surface area is 225 Å². The van der Waals surface area contributed by atoms with Crippen LogP contribution in [-0.4, -0.2) is 24.8 Å². The molecule has 1 aliphatic heterocycles. The zero-order valence-electron chi connectivity index (χ0n) is 20.4. The SMILES string of the molecule is C=C(C)[C@H]1C[C@H](c2ccccc2Cl)[C@H](c2ccc(F)cc2)O[C@@H]1c1cc(OC)cc(Cl)c1OCC(=O)O. The molecule has 0 bridgehead atoms. The Morgan fingerprint density at radius 1 is 1.08 bits per heavy atom. The Morgan fingerprint density at radius 3 is 2.41 bits per heavy atom. The summed E-state index contributed by atoms with van der Waals surface area (Å²) >= 11 is 13.1. The van der Waals surface area contributed by atoms with Gasteiger partial charge in [-0.1, -0.05) is 65.7 Å². The normalized spacial score (nSPS) is 21.3. The van der Waals surface area contributed by atoms with Crippen molar-refractivity contribution in [1.29, 1.82) is 0 Å². The Kier molecular flexibility index (Phi) is 8.42. The van der Waals surface area contributed by atoms with Gasteiger partial charge < -0.3 is 19.3 Å². The molecule has 4 rings (SSSR count). The molecule has 3 aromatic carbocycles. The molecule has 0 aliphatic carbocycles. The van der Waals surface area contributed by atoms with Crippen molar-refractivity contribution in [2.45, 2.75) is 31.5 Å². The average molecular weight is 545 g/mol. The highest BCUT2D eigenvalue weighted by Crippen LogP contribution is 2.55. The number of rotatable bonds is 8. The van der Waals surface area contributed by atoms with Gasteiger partial charge in [0, 0.05) is 28.5 Å². The maximum Gasteiger partial charge on any atom is 0.341 e. The molecule has 0 amide bonds. The number of hydrogen-bond donors (Lipinski definition) is 1. The van der Waals surface area contributed by atoms with Gasteiger partial charge in [-0.3, -0.25) is 0 Å². The fraction of sp³-hybridized carbons (Fsp3) is 0.276. The molecule has 3 aromatic rings. The van der Waals surface area contributed by atoms with E-state index < -0.39 is 24.8 Å². The van der Waals surface area contributed by atoms with Gasteiger partial charge in [0.1, 0.15) is 17.3 Å². The van der Waals surface area contributed by atoms with E-state index in [4.69, 9.17) is 37.4 Å². The highest BCUT2D eigenvalue weighted by molar-refractivity contribution is 6.32. The van der Waals surface area contributed by atoms with E-state index in [1.165, 1.54) is 19.2 Å².